The molecule has 1 heterocycles. The lowest BCUT2D eigenvalue weighted by Gasteiger charge is -2.30. The third kappa shape index (κ3) is 2.96. The number of allylic oxidation sites excluding steroid dienone is 12. The van der Waals surface area contributed by atoms with Gasteiger partial charge in [-0.15, -0.1) is 0 Å². The molecule has 1 aliphatic heterocycles. The van der Waals surface area contributed by atoms with Crippen molar-refractivity contribution in [1.82, 2.24) is 0 Å². The zero-order valence-electron chi connectivity index (χ0n) is 16.9. The van der Waals surface area contributed by atoms with Crippen LogP contribution in [-0.4, -0.2) is 7.05 Å². The van der Waals surface area contributed by atoms with E-state index in [2.05, 4.69) is 74.4 Å². The Labute approximate surface area is 172 Å². The van der Waals surface area contributed by atoms with Crippen LogP contribution in [0.5, 0.6) is 0 Å². The van der Waals surface area contributed by atoms with Gasteiger partial charge < -0.3 is 4.90 Å². The Morgan fingerprint density at radius 3 is 2.38 bits per heavy atom. The number of fused-ring (bicyclic) bond motifs is 2. The van der Waals surface area contributed by atoms with Crippen molar-refractivity contribution in [2.45, 2.75) is 19.3 Å². The maximum Gasteiger partial charge on any atom is 0.133 e. The van der Waals surface area contributed by atoms with Gasteiger partial charge in [0.1, 0.15) is 17.7 Å². The standard InChI is InChI=1S/C26H23N3/c1-26(2)23-10-6-7-11-24(23)29(3)25(26)15-13-18-12-14-21(19(16-27)17-28)22-9-5-4-8-20(18)22/h4-15,20,22H,1-3H3. The lowest BCUT2D eigenvalue weighted by atomic mass is 9.73. The first-order chi connectivity index (χ1) is 14.0. The van der Waals surface area contributed by atoms with Gasteiger partial charge in [0.05, 0.1) is 0 Å². The number of nitrogens with zero attached hydrogens (tertiary/aromatic N) is 3. The van der Waals surface area contributed by atoms with E-state index in [1.165, 1.54) is 22.5 Å². The molecule has 0 aromatic heterocycles. The fraction of sp³-hybridized carbons (Fsp3) is 0.231. The summed E-state index contributed by atoms with van der Waals surface area (Å²) in [6, 6.07) is 12.6. The molecule has 3 heteroatoms. The van der Waals surface area contributed by atoms with E-state index in [0.717, 1.165) is 5.57 Å². The van der Waals surface area contributed by atoms with E-state index >= 15 is 0 Å². The number of hydrogen-bond acceptors (Lipinski definition) is 3. The molecule has 0 bridgehead atoms. The molecule has 0 spiro atoms. The van der Waals surface area contributed by atoms with Gasteiger partial charge in [0, 0.05) is 35.7 Å². The number of nitriles is 2. The SMILES string of the molecule is CN1C(=CC=C2C=CC(=C(C#N)C#N)C3C=CC=CC23)C(C)(C)c2ccccc21. The number of rotatable bonds is 1. The van der Waals surface area contributed by atoms with Crippen molar-refractivity contribution in [2.24, 2.45) is 11.8 Å². The summed E-state index contributed by atoms with van der Waals surface area (Å²) >= 11 is 0. The number of benzene rings is 1. The maximum atomic E-state index is 9.32. The molecule has 3 nitrogen and oxygen atoms in total. The summed E-state index contributed by atoms with van der Waals surface area (Å²) in [6.07, 6.45) is 16.6. The minimum Gasteiger partial charge on any atom is -0.347 e. The summed E-state index contributed by atoms with van der Waals surface area (Å²) in [5.74, 6) is 0.154. The van der Waals surface area contributed by atoms with Gasteiger partial charge in [0.15, 0.2) is 0 Å². The smallest absolute Gasteiger partial charge is 0.133 e. The van der Waals surface area contributed by atoms with Crippen molar-refractivity contribution in [3.05, 3.63) is 101 Å². The van der Waals surface area contributed by atoms with Gasteiger partial charge in [-0.2, -0.15) is 10.5 Å². The number of likely N-dealkylation sites (N-methyl/N-ethyl adjacent to an activating group) is 1. The average Bonchev–Trinajstić information content (AvgIpc) is 2.94. The molecular weight excluding hydrogens is 354 g/mol. The van der Waals surface area contributed by atoms with E-state index in [1.54, 1.807) is 0 Å². The van der Waals surface area contributed by atoms with Crippen LogP contribution in [0.2, 0.25) is 0 Å². The first-order valence-corrected chi connectivity index (χ1v) is 9.82. The molecule has 0 radical (unpaired) electrons. The molecule has 0 amide bonds. The highest BCUT2D eigenvalue weighted by Crippen LogP contribution is 2.47. The first kappa shape index (κ1) is 18.8. The Balaban J connectivity index is 1.77. The molecule has 0 saturated heterocycles. The quantitative estimate of drug-likeness (QED) is 0.608. The van der Waals surface area contributed by atoms with Gasteiger partial charge in [-0.1, -0.05) is 74.6 Å². The van der Waals surface area contributed by atoms with Gasteiger partial charge in [0.2, 0.25) is 0 Å². The summed E-state index contributed by atoms with van der Waals surface area (Å²) in [7, 11) is 2.12. The maximum absolute atomic E-state index is 9.32. The monoisotopic (exact) mass is 377 g/mol. The zero-order chi connectivity index (χ0) is 20.6. The van der Waals surface area contributed by atoms with Gasteiger partial charge >= 0.3 is 0 Å². The van der Waals surface area contributed by atoms with Gasteiger partial charge in [0.25, 0.3) is 0 Å². The summed E-state index contributed by atoms with van der Waals surface area (Å²) in [6.45, 7) is 4.52. The number of para-hydroxylation sites is 1. The molecule has 0 saturated carbocycles. The third-order valence-electron chi connectivity index (χ3n) is 6.22. The predicted molar refractivity (Wildman–Crippen MR) is 117 cm³/mol. The van der Waals surface area contributed by atoms with E-state index in [-0.39, 0.29) is 22.8 Å². The van der Waals surface area contributed by atoms with Crippen molar-refractivity contribution in [3.8, 4) is 12.1 Å². The Bertz CT molecular complexity index is 1110. The Hall–Kier alpha value is -3.56. The third-order valence-corrected chi connectivity index (χ3v) is 6.22. The van der Waals surface area contributed by atoms with Crippen LogP contribution in [-0.2, 0) is 5.41 Å². The second kappa shape index (κ2) is 7.12. The molecule has 142 valence electrons. The van der Waals surface area contributed by atoms with Gasteiger partial charge in [-0.05, 0) is 28.9 Å². The van der Waals surface area contributed by atoms with E-state index in [1.807, 2.05) is 36.4 Å². The average molecular weight is 377 g/mol. The molecular formula is C26H23N3. The van der Waals surface area contributed by atoms with Crippen LogP contribution in [0.4, 0.5) is 5.69 Å². The summed E-state index contributed by atoms with van der Waals surface area (Å²) in [5.41, 5.74) is 5.95. The van der Waals surface area contributed by atoms with Crippen molar-refractivity contribution < 1.29 is 0 Å². The largest absolute Gasteiger partial charge is 0.347 e. The molecule has 29 heavy (non-hydrogen) atoms. The van der Waals surface area contributed by atoms with Crippen LogP contribution in [0.15, 0.2) is 95.3 Å². The molecule has 1 aromatic rings. The van der Waals surface area contributed by atoms with Gasteiger partial charge in [-0.3, -0.25) is 0 Å². The second-order valence-electron chi connectivity index (χ2n) is 8.13. The van der Waals surface area contributed by atoms with Crippen LogP contribution >= 0.6 is 0 Å². The highest BCUT2D eigenvalue weighted by atomic mass is 15.2. The van der Waals surface area contributed by atoms with Crippen LogP contribution < -0.4 is 4.90 Å². The van der Waals surface area contributed by atoms with Gasteiger partial charge in [-0.25, -0.2) is 0 Å². The van der Waals surface area contributed by atoms with Crippen LogP contribution in [0, 0.1) is 34.5 Å². The summed E-state index contributed by atoms with van der Waals surface area (Å²) in [5, 5.41) is 18.6. The highest BCUT2D eigenvalue weighted by Gasteiger charge is 2.38. The van der Waals surface area contributed by atoms with Crippen molar-refractivity contribution >= 4 is 5.69 Å². The Kier molecular flexibility index (Phi) is 4.61. The van der Waals surface area contributed by atoms with Crippen molar-refractivity contribution in [3.63, 3.8) is 0 Å². The van der Waals surface area contributed by atoms with E-state index in [9.17, 15) is 10.5 Å². The van der Waals surface area contributed by atoms with Crippen LogP contribution in [0.1, 0.15) is 19.4 Å². The van der Waals surface area contributed by atoms with E-state index < -0.39 is 0 Å². The van der Waals surface area contributed by atoms with Crippen molar-refractivity contribution in [2.75, 3.05) is 11.9 Å². The zero-order valence-corrected chi connectivity index (χ0v) is 16.9. The molecule has 1 aromatic carbocycles. The molecule has 2 aliphatic carbocycles. The number of anilines is 1. The summed E-state index contributed by atoms with van der Waals surface area (Å²) < 4.78 is 0. The topological polar surface area (TPSA) is 50.8 Å². The molecule has 0 N–H and O–H groups in total. The Morgan fingerprint density at radius 2 is 1.69 bits per heavy atom. The minimum atomic E-state index is -0.0671. The van der Waals surface area contributed by atoms with E-state index in [4.69, 9.17) is 0 Å². The van der Waals surface area contributed by atoms with Crippen molar-refractivity contribution in [1.29, 1.82) is 10.5 Å². The van der Waals surface area contributed by atoms with Crippen LogP contribution in [0.25, 0.3) is 0 Å². The fourth-order valence-corrected chi connectivity index (χ4v) is 4.68. The predicted octanol–water partition coefficient (Wildman–Crippen LogP) is 5.50. The summed E-state index contributed by atoms with van der Waals surface area (Å²) in [4.78, 5) is 2.27. The normalized spacial score (nSPS) is 26.2. The van der Waals surface area contributed by atoms with E-state index in [0.29, 0.717) is 0 Å². The highest BCUT2D eigenvalue weighted by molar-refractivity contribution is 5.70. The minimum absolute atomic E-state index is 0.0236. The Morgan fingerprint density at radius 1 is 1.00 bits per heavy atom. The lowest BCUT2D eigenvalue weighted by Crippen LogP contribution is -2.23. The molecule has 2 unspecified atom stereocenters. The second-order valence-corrected chi connectivity index (χ2v) is 8.13. The number of hydrogen-bond donors (Lipinski definition) is 0. The lowest BCUT2D eigenvalue weighted by molar-refractivity contribution is 0.608. The molecule has 3 aliphatic rings. The molecule has 0 fully saturated rings. The van der Waals surface area contributed by atoms with Crippen LogP contribution in [0.3, 0.4) is 0 Å². The molecule has 2 atom stereocenters. The molecule has 4 rings (SSSR count). The fourth-order valence-electron chi connectivity index (χ4n) is 4.68. The first-order valence-electron chi connectivity index (χ1n) is 9.82.